The van der Waals surface area contributed by atoms with Gasteiger partial charge in [-0.1, -0.05) is 0 Å². The van der Waals surface area contributed by atoms with Gasteiger partial charge in [-0.05, 0) is 39.0 Å². The third-order valence-corrected chi connectivity index (χ3v) is 4.10. The van der Waals surface area contributed by atoms with Crippen LogP contribution in [0.1, 0.15) is 33.1 Å². The van der Waals surface area contributed by atoms with Crippen molar-refractivity contribution in [1.82, 2.24) is 15.1 Å². The minimum atomic E-state index is 0.00416. The van der Waals surface area contributed by atoms with E-state index in [1.54, 1.807) is 0 Å². The second-order valence-electron chi connectivity index (χ2n) is 6.38. The Morgan fingerprint density at radius 3 is 2.32 bits per heavy atom. The molecule has 2 rings (SSSR count). The van der Waals surface area contributed by atoms with Crippen LogP contribution in [-0.4, -0.2) is 61.2 Å². The molecule has 1 saturated carbocycles. The van der Waals surface area contributed by atoms with Crippen LogP contribution in [0.5, 0.6) is 0 Å². The molecule has 0 bridgehead atoms. The van der Waals surface area contributed by atoms with E-state index >= 15 is 0 Å². The summed E-state index contributed by atoms with van der Waals surface area (Å²) in [7, 11) is 0. The molecular weight excluding hydrogens is 236 g/mol. The van der Waals surface area contributed by atoms with Crippen molar-refractivity contribution in [2.45, 2.75) is 45.2 Å². The first-order valence-corrected chi connectivity index (χ1v) is 7.77. The van der Waals surface area contributed by atoms with Crippen LogP contribution >= 0.6 is 0 Å². The molecule has 1 unspecified atom stereocenters. The summed E-state index contributed by atoms with van der Waals surface area (Å²) in [5, 5.41) is 12.4. The molecule has 0 aromatic rings. The normalized spacial score (nSPS) is 23.5. The molecule has 1 aliphatic heterocycles. The van der Waals surface area contributed by atoms with E-state index in [4.69, 9.17) is 5.26 Å². The number of hydrogen-bond donors (Lipinski definition) is 1. The molecule has 1 aliphatic carbocycles. The van der Waals surface area contributed by atoms with Crippen LogP contribution in [0.25, 0.3) is 0 Å². The maximum absolute atomic E-state index is 9.11. The Bertz CT molecular complexity index is 298. The molecule has 108 valence electrons. The highest BCUT2D eigenvalue weighted by atomic mass is 15.3. The summed E-state index contributed by atoms with van der Waals surface area (Å²) >= 11 is 0. The fourth-order valence-electron chi connectivity index (χ4n) is 2.76. The Hall–Kier alpha value is -0.630. The van der Waals surface area contributed by atoms with Crippen LogP contribution < -0.4 is 5.32 Å². The smallest absolute Gasteiger partial charge is 0.0967 e. The molecule has 0 aromatic heterocycles. The number of nitrogens with zero attached hydrogens (tertiary/aromatic N) is 3. The SMILES string of the molecule is CC(C)NC(C#N)CCN1CCN(CC2CC2)CC1. The average Bonchev–Trinajstić information content (AvgIpc) is 3.19. The maximum atomic E-state index is 9.11. The molecule has 1 saturated heterocycles. The van der Waals surface area contributed by atoms with Crippen molar-refractivity contribution in [2.24, 2.45) is 5.92 Å². The Kier molecular flexibility index (Phi) is 5.62. The van der Waals surface area contributed by atoms with Gasteiger partial charge in [0.1, 0.15) is 0 Å². The molecule has 1 atom stereocenters. The second kappa shape index (κ2) is 7.23. The highest BCUT2D eigenvalue weighted by molar-refractivity contribution is 4.91. The lowest BCUT2D eigenvalue weighted by Crippen LogP contribution is -2.48. The van der Waals surface area contributed by atoms with Gasteiger partial charge in [0.25, 0.3) is 0 Å². The molecule has 0 aromatic carbocycles. The van der Waals surface area contributed by atoms with Crippen molar-refractivity contribution < 1.29 is 0 Å². The van der Waals surface area contributed by atoms with Crippen molar-refractivity contribution >= 4 is 0 Å². The van der Waals surface area contributed by atoms with Crippen molar-refractivity contribution in [3.05, 3.63) is 0 Å². The van der Waals surface area contributed by atoms with Crippen LogP contribution in [0.2, 0.25) is 0 Å². The average molecular weight is 264 g/mol. The van der Waals surface area contributed by atoms with Gasteiger partial charge in [-0.15, -0.1) is 0 Å². The Morgan fingerprint density at radius 2 is 1.79 bits per heavy atom. The van der Waals surface area contributed by atoms with Gasteiger partial charge in [0.2, 0.25) is 0 Å². The summed E-state index contributed by atoms with van der Waals surface area (Å²) < 4.78 is 0. The first kappa shape index (κ1) is 14.8. The molecule has 19 heavy (non-hydrogen) atoms. The van der Waals surface area contributed by atoms with Crippen LogP contribution in [0.4, 0.5) is 0 Å². The molecule has 2 aliphatic rings. The fourth-order valence-corrected chi connectivity index (χ4v) is 2.76. The third-order valence-electron chi connectivity index (χ3n) is 4.10. The quantitative estimate of drug-likeness (QED) is 0.752. The Balaban J connectivity index is 1.60. The van der Waals surface area contributed by atoms with E-state index in [0.717, 1.165) is 18.9 Å². The van der Waals surface area contributed by atoms with E-state index in [1.165, 1.54) is 45.6 Å². The van der Waals surface area contributed by atoms with Gasteiger partial charge in [0.05, 0.1) is 12.1 Å². The number of piperazine rings is 1. The van der Waals surface area contributed by atoms with E-state index < -0.39 is 0 Å². The van der Waals surface area contributed by atoms with E-state index in [2.05, 4.69) is 35.0 Å². The maximum Gasteiger partial charge on any atom is 0.0967 e. The molecule has 4 heteroatoms. The standard InChI is InChI=1S/C15H28N4/c1-13(2)17-15(11-16)5-6-18-7-9-19(10-8-18)12-14-3-4-14/h13-15,17H,3-10,12H2,1-2H3. The molecule has 4 nitrogen and oxygen atoms in total. The predicted octanol–water partition coefficient (Wildman–Crippen LogP) is 1.29. The largest absolute Gasteiger partial charge is 0.301 e. The van der Waals surface area contributed by atoms with Crippen molar-refractivity contribution in [3.8, 4) is 6.07 Å². The minimum Gasteiger partial charge on any atom is -0.301 e. The van der Waals surface area contributed by atoms with Crippen molar-refractivity contribution in [3.63, 3.8) is 0 Å². The lowest BCUT2D eigenvalue weighted by molar-refractivity contribution is 0.126. The zero-order valence-electron chi connectivity index (χ0n) is 12.4. The van der Waals surface area contributed by atoms with E-state index in [-0.39, 0.29) is 6.04 Å². The monoisotopic (exact) mass is 264 g/mol. The lowest BCUT2D eigenvalue weighted by atomic mass is 10.2. The topological polar surface area (TPSA) is 42.3 Å². The molecule has 0 radical (unpaired) electrons. The molecule has 0 spiro atoms. The van der Waals surface area contributed by atoms with Gasteiger partial charge in [-0.2, -0.15) is 5.26 Å². The molecule has 1 heterocycles. The van der Waals surface area contributed by atoms with Crippen LogP contribution in [0.3, 0.4) is 0 Å². The predicted molar refractivity (Wildman–Crippen MR) is 77.9 cm³/mol. The van der Waals surface area contributed by atoms with Gasteiger partial charge < -0.3 is 9.80 Å². The van der Waals surface area contributed by atoms with Gasteiger partial charge in [-0.25, -0.2) is 0 Å². The minimum absolute atomic E-state index is 0.00416. The second-order valence-corrected chi connectivity index (χ2v) is 6.38. The van der Waals surface area contributed by atoms with E-state index in [0.29, 0.717) is 6.04 Å². The first-order chi connectivity index (χ1) is 9.17. The highest BCUT2D eigenvalue weighted by Crippen LogP contribution is 2.29. The van der Waals surface area contributed by atoms with Gasteiger partial charge in [0, 0.05) is 45.3 Å². The summed E-state index contributed by atoms with van der Waals surface area (Å²) in [5.41, 5.74) is 0. The van der Waals surface area contributed by atoms with E-state index in [1.807, 2.05) is 0 Å². The highest BCUT2D eigenvalue weighted by Gasteiger charge is 2.26. The van der Waals surface area contributed by atoms with Crippen LogP contribution in [-0.2, 0) is 0 Å². The summed E-state index contributed by atoms with van der Waals surface area (Å²) in [6.07, 6.45) is 3.84. The Labute approximate surface area is 117 Å². The number of rotatable bonds is 7. The molecular formula is C15H28N4. The van der Waals surface area contributed by atoms with Crippen LogP contribution in [0, 0.1) is 17.2 Å². The molecule has 1 N–H and O–H groups in total. The van der Waals surface area contributed by atoms with Gasteiger partial charge >= 0.3 is 0 Å². The van der Waals surface area contributed by atoms with Crippen molar-refractivity contribution in [2.75, 3.05) is 39.3 Å². The zero-order chi connectivity index (χ0) is 13.7. The number of nitrogens with one attached hydrogen (secondary N) is 1. The molecule has 0 amide bonds. The van der Waals surface area contributed by atoms with Crippen molar-refractivity contribution in [1.29, 1.82) is 5.26 Å². The summed E-state index contributed by atoms with van der Waals surface area (Å²) in [6.45, 7) is 11.3. The lowest BCUT2D eigenvalue weighted by Gasteiger charge is -2.35. The summed E-state index contributed by atoms with van der Waals surface area (Å²) in [5.74, 6) is 1.00. The van der Waals surface area contributed by atoms with E-state index in [9.17, 15) is 0 Å². The van der Waals surface area contributed by atoms with Gasteiger partial charge in [0.15, 0.2) is 0 Å². The number of nitriles is 1. The zero-order valence-corrected chi connectivity index (χ0v) is 12.4. The third kappa shape index (κ3) is 5.48. The first-order valence-electron chi connectivity index (χ1n) is 7.77. The Morgan fingerprint density at radius 1 is 1.16 bits per heavy atom. The fraction of sp³-hybridized carbons (Fsp3) is 0.933. The summed E-state index contributed by atoms with van der Waals surface area (Å²) in [4.78, 5) is 5.12. The van der Waals surface area contributed by atoms with Gasteiger partial charge in [-0.3, -0.25) is 5.32 Å². The number of hydrogen-bond acceptors (Lipinski definition) is 4. The summed E-state index contributed by atoms with van der Waals surface area (Å²) in [6, 6.07) is 2.76. The molecule has 2 fully saturated rings. The van der Waals surface area contributed by atoms with Crippen LogP contribution in [0.15, 0.2) is 0 Å².